The summed E-state index contributed by atoms with van der Waals surface area (Å²) in [6, 6.07) is 3.47. The number of nitrogens with one attached hydrogen (secondary N) is 2. The van der Waals surface area contributed by atoms with Gasteiger partial charge in [0.25, 0.3) is 0 Å². The largest absolute Gasteiger partial charge is 0.336 e. The van der Waals surface area contributed by atoms with Crippen LogP contribution >= 0.6 is 40.7 Å². The van der Waals surface area contributed by atoms with E-state index in [0.717, 1.165) is 4.47 Å². The normalized spacial score (nSPS) is 9.10. The van der Waals surface area contributed by atoms with Crippen molar-refractivity contribution in [1.82, 2.24) is 15.2 Å². The van der Waals surface area contributed by atoms with Crippen LogP contribution in [0.2, 0.25) is 0 Å². The number of hydrogen-bond acceptors (Lipinski definition) is 4. The molecule has 9 heteroatoms. The maximum absolute atomic E-state index is 11.7. The Labute approximate surface area is 145 Å². The Morgan fingerprint density at radius 2 is 2.00 bits per heavy atom. The van der Waals surface area contributed by atoms with Gasteiger partial charge >= 0.3 is 0 Å². The van der Waals surface area contributed by atoms with Crippen molar-refractivity contribution in [1.29, 1.82) is 0 Å². The third-order valence-corrected chi connectivity index (χ3v) is 2.86. The van der Waals surface area contributed by atoms with Crippen molar-refractivity contribution in [3.63, 3.8) is 0 Å². The highest BCUT2D eigenvalue weighted by atomic mass is 79.9. The second kappa shape index (κ2) is 11.7. The fraction of sp³-hybridized carbons (Fsp3) is 0.417. The topological polar surface area (TPSA) is 74.3 Å². The summed E-state index contributed by atoms with van der Waals surface area (Å²) in [4.78, 5) is 28.8. The maximum Gasteiger partial charge on any atom is 0.245 e. The lowest BCUT2D eigenvalue weighted by molar-refractivity contribution is -0.133. The summed E-state index contributed by atoms with van der Waals surface area (Å²) in [6.07, 6.45) is 1.97. The molecule has 1 aromatic heterocycles. The molecule has 2 amide bonds. The van der Waals surface area contributed by atoms with Gasteiger partial charge in [-0.1, -0.05) is 0 Å². The molecule has 6 nitrogen and oxygen atoms in total. The lowest BCUT2D eigenvalue weighted by Crippen LogP contribution is -2.36. The smallest absolute Gasteiger partial charge is 0.245 e. The minimum atomic E-state index is -0.268. The Balaban J connectivity index is 0. The number of halogens is 3. The maximum atomic E-state index is 11.7. The predicted octanol–water partition coefficient (Wildman–Crippen LogP) is 1.69. The van der Waals surface area contributed by atoms with E-state index < -0.39 is 0 Å². The third kappa shape index (κ3) is 8.87. The van der Waals surface area contributed by atoms with Crippen molar-refractivity contribution in [3.05, 3.63) is 22.8 Å². The Morgan fingerprint density at radius 3 is 2.52 bits per heavy atom. The van der Waals surface area contributed by atoms with E-state index in [4.69, 9.17) is 0 Å². The van der Waals surface area contributed by atoms with E-state index in [9.17, 15) is 9.59 Å². The Morgan fingerprint density at radius 1 is 1.33 bits per heavy atom. The molecule has 0 unspecified atom stereocenters. The average Bonchev–Trinajstić information content (AvgIpc) is 2.38. The van der Waals surface area contributed by atoms with Crippen LogP contribution in [0.25, 0.3) is 0 Å². The molecule has 1 aromatic rings. The van der Waals surface area contributed by atoms with Crippen LogP contribution in [0.5, 0.6) is 0 Å². The van der Waals surface area contributed by atoms with E-state index in [0.29, 0.717) is 18.8 Å². The van der Waals surface area contributed by atoms with Crippen LogP contribution in [0.15, 0.2) is 22.8 Å². The van der Waals surface area contributed by atoms with E-state index in [1.54, 1.807) is 32.4 Å². The number of aromatic nitrogens is 1. The summed E-state index contributed by atoms with van der Waals surface area (Å²) >= 11 is 3.26. The number of amides is 2. The van der Waals surface area contributed by atoms with Gasteiger partial charge in [0, 0.05) is 30.7 Å². The fourth-order valence-electron chi connectivity index (χ4n) is 1.36. The minimum absolute atomic E-state index is 0. The van der Waals surface area contributed by atoms with Crippen LogP contribution < -0.4 is 10.6 Å². The number of likely N-dealkylation sites (N-methyl/N-ethyl adjacent to an activating group) is 1. The molecule has 0 aromatic carbocycles. The molecule has 1 heterocycles. The molecule has 120 valence electrons. The molecule has 0 bridgehead atoms. The van der Waals surface area contributed by atoms with Crippen LogP contribution in [-0.2, 0) is 9.59 Å². The predicted molar refractivity (Wildman–Crippen MR) is 91.2 cm³/mol. The fourth-order valence-corrected chi connectivity index (χ4v) is 1.59. The van der Waals surface area contributed by atoms with Crippen molar-refractivity contribution in [2.75, 3.05) is 32.5 Å². The molecule has 0 saturated heterocycles. The highest BCUT2D eigenvalue weighted by Crippen LogP contribution is 2.10. The highest BCUT2D eigenvalue weighted by molar-refractivity contribution is 9.10. The highest BCUT2D eigenvalue weighted by Gasteiger charge is 2.12. The molecule has 1 rings (SSSR count). The monoisotopic (exact) mass is 400 g/mol. The number of rotatable bonds is 6. The molecule has 21 heavy (non-hydrogen) atoms. The van der Waals surface area contributed by atoms with Crippen molar-refractivity contribution in [2.24, 2.45) is 0 Å². The first-order valence-electron chi connectivity index (χ1n) is 5.83. The molecule has 0 saturated carbocycles. The molecule has 0 fully saturated rings. The van der Waals surface area contributed by atoms with Crippen LogP contribution in [0, 0.1) is 0 Å². The molecule has 0 aliphatic heterocycles. The zero-order valence-electron chi connectivity index (χ0n) is 11.8. The van der Waals surface area contributed by atoms with Crippen molar-refractivity contribution in [2.45, 2.75) is 6.42 Å². The Hall–Kier alpha value is -0.890. The van der Waals surface area contributed by atoms with Gasteiger partial charge < -0.3 is 15.5 Å². The van der Waals surface area contributed by atoms with E-state index >= 15 is 0 Å². The summed E-state index contributed by atoms with van der Waals surface area (Å²) < 4.78 is 0.838. The van der Waals surface area contributed by atoms with Crippen LogP contribution in [0.4, 0.5) is 5.82 Å². The Kier molecular flexibility index (Phi) is 12.5. The summed E-state index contributed by atoms with van der Waals surface area (Å²) in [6.45, 7) is 0.610. The first-order chi connectivity index (χ1) is 9.02. The molecule has 0 radical (unpaired) electrons. The molecule has 0 atom stereocenters. The molecule has 0 aliphatic rings. The minimum Gasteiger partial charge on any atom is -0.336 e. The van der Waals surface area contributed by atoms with E-state index in [2.05, 4.69) is 31.5 Å². The second-order valence-corrected chi connectivity index (χ2v) is 4.93. The van der Waals surface area contributed by atoms with Crippen molar-refractivity contribution < 1.29 is 9.59 Å². The first kappa shape index (κ1) is 22.4. The van der Waals surface area contributed by atoms with Crippen LogP contribution in [0.1, 0.15) is 6.42 Å². The number of nitrogens with zero attached hydrogens (tertiary/aromatic N) is 2. The third-order valence-electron chi connectivity index (χ3n) is 2.39. The van der Waals surface area contributed by atoms with Crippen molar-refractivity contribution in [3.8, 4) is 0 Å². The molecule has 0 spiro atoms. The molecular weight excluding hydrogens is 383 g/mol. The average molecular weight is 402 g/mol. The number of carbonyl (C=O) groups is 2. The molecule has 0 aliphatic carbocycles. The Bertz CT molecular complexity index is 445. The molecule has 2 N–H and O–H groups in total. The quantitative estimate of drug-likeness (QED) is 0.760. The van der Waals surface area contributed by atoms with Gasteiger partial charge in [-0.3, -0.25) is 9.59 Å². The summed E-state index contributed by atoms with van der Waals surface area (Å²) in [5.41, 5.74) is 0. The lowest BCUT2D eigenvalue weighted by Gasteiger charge is -2.16. The molecular formula is C12H19BrCl2N4O2. The SMILES string of the molecule is CNCCC(=O)N(C)CC(=O)Nc1ccc(Br)cn1.Cl.Cl. The van der Waals surface area contributed by atoms with Gasteiger partial charge in [0.15, 0.2) is 0 Å². The van der Waals surface area contributed by atoms with Gasteiger partial charge in [0.1, 0.15) is 5.82 Å². The van der Waals surface area contributed by atoms with Crippen molar-refractivity contribution >= 4 is 58.4 Å². The number of pyridine rings is 1. The number of carbonyl (C=O) groups excluding carboxylic acids is 2. The van der Waals surface area contributed by atoms with E-state index in [1.165, 1.54) is 4.90 Å². The summed E-state index contributed by atoms with van der Waals surface area (Å²) in [5.74, 6) is 0.118. The zero-order valence-corrected chi connectivity index (χ0v) is 15.0. The van der Waals surface area contributed by atoms with Gasteiger partial charge in [-0.15, -0.1) is 24.8 Å². The van der Waals surface area contributed by atoms with Crippen LogP contribution in [0.3, 0.4) is 0 Å². The number of hydrogen-bond donors (Lipinski definition) is 2. The first-order valence-corrected chi connectivity index (χ1v) is 6.62. The van der Waals surface area contributed by atoms with Gasteiger partial charge in [-0.2, -0.15) is 0 Å². The van der Waals surface area contributed by atoms with Gasteiger partial charge in [0.2, 0.25) is 11.8 Å². The zero-order chi connectivity index (χ0) is 14.3. The summed E-state index contributed by atoms with van der Waals surface area (Å²) in [5, 5.41) is 5.52. The van der Waals surface area contributed by atoms with E-state index in [-0.39, 0.29) is 43.2 Å². The number of anilines is 1. The van der Waals surface area contributed by atoms with E-state index in [1.807, 2.05) is 0 Å². The van der Waals surface area contributed by atoms with Gasteiger partial charge in [0.05, 0.1) is 6.54 Å². The van der Waals surface area contributed by atoms with Gasteiger partial charge in [-0.25, -0.2) is 4.98 Å². The van der Waals surface area contributed by atoms with Crippen LogP contribution in [-0.4, -0.2) is 48.9 Å². The standard InChI is InChI=1S/C12H17BrN4O2.2ClH/c1-14-6-5-12(19)17(2)8-11(18)16-10-4-3-9(13)7-15-10;;/h3-4,7,14H,5-6,8H2,1-2H3,(H,15,16,18);2*1H. The second-order valence-electron chi connectivity index (χ2n) is 4.01. The summed E-state index contributed by atoms with van der Waals surface area (Å²) in [7, 11) is 3.38. The lowest BCUT2D eigenvalue weighted by atomic mass is 10.3. The van der Waals surface area contributed by atoms with Gasteiger partial charge in [-0.05, 0) is 35.1 Å².